The maximum atomic E-state index is 15.3. The van der Waals surface area contributed by atoms with E-state index in [1.807, 2.05) is 0 Å². The van der Waals surface area contributed by atoms with Crippen LogP contribution >= 0.6 is 11.6 Å². The van der Waals surface area contributed by atoms with Gasteiger partial charge in [-0.05, 0) is 19.8 Å². The molecule has 0 aliphatic carbocycles. The second-order valence-corrected chi connectivity index (χ2v) is 8.53. The van der Waals surface area contributed by atoms with Gasteiger partial charge in [0.15, 0.2) is 0 Å². The number of aryl methyl sites for hydroxylation is 1. The normalized spacial score (nSPS) is 19.2. The fraction of sp³-hybridized carbons (Fsp3) is 0.692. The van der Waals surface area contributed by atoms with E-state index in [2.05, 4.69) is 5.10 Å². The molecule has 0 bridgehead atoms. The van der Waals surface area contributed by atoms with Crippen LogP contribution in [0.5, 0.6) is 0 Å². The molecule has 2 heterocycles. The largest absolute Gasteiger partial charge is 0.465 e. The van der Waals surface area contributed by atoms with E-state index < -0.39 is 49.0 Å². The molecule has 1 saturated heterocycles. The number of rotatable bonds is 4. The summed E-state index contributed by atoms with van der Waals surface area (Å²) in [7, 11) is -3.71. The van der Waals surface area contributed by atoms with E-state index in [0.29, 0.717) is 0 Å². The number of hydrogen-bond donors (Lipinski definition) is 1. The summed E-state index contributed by atoms with van der Waals surface area (Å²) in [5, 5.41) is 8.79. The Hall–Kier alpha value is -1.49. The lowest BCUT2D eigenvalue weighted by Gasteiger charge is -2.36. The van der Waals surface area contributed by atoms with Crippen LogP contribution in [0, 0.1) is 5.92 Å². The number of halogens is 4. The van der Waals surface area contributed by atoms with Crippen LogP contribution in [-0.2, 0) is 16.9 Å². The van der Waals surface area contributed by atoms with Crippen molar-refractivity contribution in [2.24, 2.45) is 13.0 Å². The lowest BCUT2D eigenvalue weighted by Crippen LogP contribution is -2.46. The minimum Gasteiger partial charge on any atom is -0.465 e. The summed E-state index contributed by atoms with van der Waals surface area (Å²) in [5.41, 5.74) is -1.10. The highest BCUT2D eigenvalue weighted by Gasteiger charge is 2.51. The van der Waals surface area contributed by atoms with Crippen LogP contribution in [0.4, 0.5) is 18.0 Å². The van der Waals surface area contributed by atoms with E-state index in [1.165, 1.54) is 7.05 Å². The molecule has 0 spiro atoms. The number of alkyl halides is 3. The molecule has 0 aromatic carbocycles. The number of amides is 1. The van der Waals surface area contributed by atoms with E-state index in [-0.39, 0.29) is 25.9 Å². The summed E-state index contributed by atoms with van der Waals surface area (Å²) in [6, 6.07) is 0. The van der Waals surface area contributed by atoms with Gasteiger partial charge >= 0.3 is 6.09 Å². The summed E-state index contributed by atoms with van der Waals surface area (Å²) >= 11 is 5.79. The van der Waals surface area contributed by atoms with E-state index in [9.17, 15) is 22.0 Å². The summed E-state index contributed by atoms with van der Waals surface area (Å²) in [6.45, 7) is 0.705. The number of likely N-dealkylation sites (tertiary alicyclic amines) is 1. The fourth-order valence-corrected chi connectivity index (χ4v) is 5.17. The third-order valence-electron chi connectivity index (χ3n) is 4.46. The van der Waals surface area contributed by atoms with Crippen LogP contribution in [-0.4, -0.2) is 52.4 Å². The molecule has 1 aromatic rings. The predicted octanol–water partition coefficient (Wildman–Crippen LogP) is 2.86. The first-order valence-corrected chi connectivity index (χ1v) is 9.19. The molecule has 25 heavy (non-hydrogen) atoms. The minimum absolute atomic E-state index is 0.0441. The first kappa shape index (κ1) is 19.8. The monoisotopic (exact) mass is 403 g/mol. The Morgan fingerprint density at radius 1 is 1.40 bits per heavy atom. The van der Waals surface area contributed by atoms with Crippen molar-refractivity contribution in [2.75, 3.05) is 13.1 Å². The number of hydrogen-bond acceptors (Lipinski definition) is 4. The SMILES string of the molecule is Cn1nc(C(F)F)c(S(=O)(=O)C(C)(F)C2CCN(C(=O)O)CC2)c1Cl. The molecule has 0 saturated carbocycles. The van der Waals surface area contributed by atoms with Crippen LogP contribution in [0.25, 0.3) is 0 Å². The summed E-state index contributed by atoms with van der Waals surface area (Å²) in [5.74, 6) is -1.06. The number of aromatic nitrogens is 2. The van der Waals surface area contributed by atoms with Crippen LogP contribution < -0.4 is 0 Å². The molecule has 0 radical (unpaired) electrons. The van der Waals surface area contributed by atoms with Crippen molar-refractivity contribution in [1.82, 2.24) is 14.7 Å². The number of nitrogens with zero attached hydrogens (tertiary/aromatic N) is 3. The van der Waals surface area contributed by atoms with Crippen molar-refractivity contribution < 1.29 is 31.5 Å². The Morgan fingerprint density at radius 3 is 2.36 bits per heavy atom. The lowest BCUT2D eigenvalue weighted by atomic mass is 9.92. The Morgan fingerprint density at radius 2 is 1.92 bits per heavy atom. The molecule has 142 valence electrons. The third kappa shape index (κ3) is 3.31. The molecule has 1 atom stereocenters. The number of carboxylic acid groups (broad SMARTS) is 1. The van der Waals surface area contributed by atoms with E-state index in [0.717, 1.165) is 16.5 Å². The predicted molar refractivity (Wildman–Crippen MR) is 82.2 cm³/mol. The van der Waals surface area contributed by atoms with E-state index in [1.54, 1.807) is 0 Å². The van der Waals surface area contributed by atoms with Crippen molar-refractivity contribution in [1.29, 1.82) is 0 Å². The van der Waals surface area contributed by atoms with Crippen LogP contribution in [0.3, 0.4) is 0 Å². The van der Waals surface area contributed by atoms with Gasteiger partial charge in [-0.25, -0.2) is 26.4 Å². The second-order valence-electron chi connectivity index (χ2n) is 5.96. The van der Waals surface area contributed by atoms with Crippen LogP contribution in [0.15, 0.2) is 4.90 Å². The zero-order valence-electron chi connectivity index (χ0n) is 13.4. The van der Waals surface area contributed by atoms with Crippen molar-refractivity contribution in [3.63, 3.8) is 0 Å². The molecule has 12 heteroatoms. The minimum atomic E-state index is -4.89. The van der Waals surface area contributed by atoms with Gasteiger partial charge in [0.1, 0.15) is 15.7 Å². The summed E-state index contributed by atoms with van der Waals surface area (Å²) in [6.07, 6.45) is -4.54. The fourth-order valence-electron chi connectivity index (χ4n) is 2.90. The summed E-state index contributed by atoms with van der Waals surface area (Å²) in [4.78, 5) is 10.9. The quantitative estimate of drug-likeness (QED) is 0.834. The average molecular weight is 404 g/mol. The zero-order chi connectivity index (χ0) is 19.2. The molecule has 2 rings (SSSR count). The molecule has 1 N–H and O–H groups in total. The molecule has 1 aliphatic rings. The van der Waals surface area contributed by atoms with Crippen LogP contribution in [0.2, 0.25) is 5.15 Å². The Bertz CT molecular complexity index is 774. The van der Waals surface area contributed by atoms with Gasteiger partial charge in [-0.3, -0.25) is 4.68 Å². The molecule has 1 fully saturated rings. The van der Waals surface area contributed by atoms with Gasteiger partial charge in [-0.15, -0.1) is 0 Å². The Balaban J connectivity index is 2.41. The lowest BCUT2D eigenvalue weighted by molar-refractivity contribution is 0.0910. The van der Waals surface area contributed by atoms with Gasteiger partial charge in [0.05, 0.1) is 0 Å². The van der Waals surface area contributed by atoms with Crippen molar-refractivity contribution >= 4 is 27.5 Å². The first-order chi connectivity index (χ1) is 11.4. The number of sulfone groups is 1. The van der Waals surface area contributed by atoms with Crippen molar-refractivity contribution in [2.45, 2.75) is 36.1 Å². The molecule has 1 unspecified atom stereocenters. The highest BCUT2D eigenvalue weighted by molar-refractivity contribution is 7.92. The number of piperidine rings is 1. The highest BCUT2D eigenvalue weighted by Crippen LogP contribution is 2.43. The van der Waals surface area contributed by atoms with Gasteiger partial charge < -0.3 is 10.0 Å². The van der Waals surface area contributed by atoms with Crippen LogP contribution in [0.1, 0.15) is 31.9 Å². The Kier molecular flexibility index (Phi) is 5.29. The molecule has 1 aromatic heterocycles. The third-order valence-corrected chi connectivity index (χ3v) is 7.33. The molecule has 1 amide bonds. The van der Waals surface area contributed by atoms with E-state index in [4.69, 9.17) is 16.7 Å². The second kappa shape index (κ2) is 6.67. The van der Waals surface area contributed by atoms with Gasteiger partial charge in [0.25, 0.3) is 6.43 Å². The first-order valence-electron chi connectivity index (χ1n) is 7.33. The molecular formula is C13H17ClF3N3O4S. The molecular weight excluding hydrogens is 387 g/mol. The standard InChI is InChI=1S/C13H17ClF3N3O4S/c1-13(17,7-3-5-20(6-4-7)12(21)22)25(23,24)9-8(11(15)16)18-19(2)10(9)14/h7,11H,3-6H2,1-2H3,(H,21,22). The maximum absolute atomic E-state index is 15.3. The van der Waals surface area contributed by atoms with Crippen molar-refractivity contribution in [3.8, 4) is 0 Å². The Labute approximate surface area is 147 Å². The molecule has 7 nitrogen and oxygen atoms in total. The van der Waals surface area contributed by atoms with Gasteiger partial charge in [-0.1, -0.05) is 11.6 Å². The topological polar surface area (TPSA) is 92.5 Å². The smallest absolute Gasteiger partial charge is 0.407 e. The maximum Gasteiger partial charge on any atom is 0.407 e. The van der Waals surface area contributed by atoms with Gasteiger partial charge in [0.2, 0.25) is 14.8 Å². The van der Waals surface area contributed by atoms with Gasteiger partial charge in [-0.2, -0.15) is 5.10 Å². The van der Waals surface area contributed by atoms with E-state index >= 15 is 4.39 Å². The summed E-state index contributed by atoms with van der Waals surface area (Å²) < 4.78 is 67.8. The van der Waals surface area contributed by atoms with Gasteiger partial charge in [0, 0.05) is 26.1 Å². The highest BCUT2D eigenvalue weighted by atomic mass is 35.5. The zero-order valence-corrected chi connectivity index (χ0v) is 15.0. The average Bonchev–Trinajstić information content (AvgIpc) is 2.83. The van der Waals surface area contributed by atoms with Crippen molar-refractivity contribution in [3.05, 3.63) is 10.8 Å². The molecule has 1 aliphatic heterocycles. The number of carbonyl (C=O) groups is 1.